The van der Waals surface area contributed by atoms with Gasteiger partial charge in [0.2, 0.25) is 11.8 Å². The van der Waals surface area contributed by atoms with Gasteiger partial charge in [-0.2, -0.15) is 0 Å². The number of rotatable bonds is 4. The molecule has 1 aromatic carbocycles. The van der Waals surface area contributed by atoms with Crippen molar-refractivity contribution in [1.82, 2.24) is 10.2 Å². The van der Waals surface area contributed by atoms with Crippen molar-refractivity contribution >= 4 is 11.8 Å². The van der Waals surface area contributed by atoms with E-state index in [2.05, 4.69) is 11.9 Å². The van der Waals surface area contributed by atoms with E-state index in [0.717, 1.165) is 5.56 Å². The second-order valence-electron chi connectivity index (χ2n) is 4.27. The van der Waals surface area contributed by atoms with Gasteiger partial charge in [-0.25, -0.2) is 0 Å². The van der Waals surface area contributed by atoms with E-state index >= 15 is 0 Å². The topological polar surface area (TPSA) is 49.4 Å². The molecule has 1 aliphatic heterocycles. The van der Waals surface area contributed by atoms with Crippen LogP contribution >= 0.6 is 0 Å². The van der Waals surface area contributed by atoms with Crippen LogP contribution in [0.25, 0.3) is 0 Å². The summed E-state index contributed by atoms with van der Waals surface area (Å²) in [6.45, 7) is 4.35. The summed E-state index contributed by atoms with van der Waals surface area (Å²) in [6.07, 6.45) is 4.78. The third kappa shape index (κ3) is 3.10. The van der Waals surface area contributed by atoms with Gasteiger partial charge in [0.25, 0.3) is 0 Å². The molecule has 2 rings (SSSR count). The van der Waals surface area contributed by atoms with Crippen molar-refractivity contribution in [3.8, 4) is 0 Å². The molecule has 4 nitrogen and oxygen atoms in total. The van der Waals surface area contributed by atoms with Crippen LogP contribution in [0.5, 0.6) is 0 Å². The normalized spacial score (nSPS) is 17.3. The van der Waals surface area contributed by atoms with Crippen LogP contribution in [-0.4, -0.2) is 29.3 Å². The first-order valence-corrected chi connectivity index (χ1v) is 6.13. The van der Waals surface area contributed by atoms with Crippen molar-refractivity contribution in [2.75, 3.05) is 6.54 Å². The molecule has 4 heteroatoms. The van der Waals surface area contributed by atoms with Crippen LogP contribution in [0, 0.1) is 0 Å². The van der Waals surface area contributed by atoms with E-state index in [-0.39, 0.29) is 11.8 Å². The predicted octanol–water partition coefficient (Wildman–Crippen LogP) is 1.26. The summed E-state index contributed by atoms with van der Waals surface area (Å²) in [4.78, 5) is 25.1. The average molecular weight is 256 g/mol. The fourth-order valence-electron chi connectivity index (χ4n) is 1.98. The molecule has 1 atom stereocenters. The number of carbonyl (C=O) groups excluding carboxylic acids is 2. The first kappa shape index (κ1) is 13.1. The molecule has 0 saturated carbocycles. The van der Waals surface area contributed by atoms with Crippen LogP contribution in [0.3, 0.4) is 0 Å². The maximum absolute atomic E-state index is 12.1. The van der Waals surface area contributed by atoms with Crippen molar-refractivity contribution in [2.24, 2.45) is 0 Å². The quantitative estimate of drug-likeness (QED) is 0.651. The Morgan fingerprint density at radius 2 is 2.11 bits per heavy atom. The van der Waals surface area contributed by atoms with E-state index in [1.165, 1.54) is 11.0 Å². The van der Waals surface area contributed by atoms with Crippen molar-refractivity contribution in [3.05, 3.63) is 60.7 Å². The largest absolute Gasteiger partial charge is 0.350 e. The lowest BCUT2D eigenvalue weighted by molar-refractivity contribution is -0.134. The first-order chi connectivity index (χ1) is 9.22. The maximum atomic E-state index is 12.1. The predicted molar refractivity (Wildman–Crippen MR) is 73.1 cm³/mol. The molecule has 98 valence electrons. The van der Waals surface area contributed by atoms with Crippen molar-refractivity contribution in [3.63, 3.8) is 0 Å². The zero-order chi connectivity index (χ0) is 13.7. The number of nitrogens with one attached hydrogen (secondary N) is 1. The van der Waals surface area contributed by atoms with Crippen molar-refractivity contribution < 1.29 is 9.59 Å². The van der Waals surface area contributed by atoms with E-state index < -0.39 is 6.04 Å². The van der Waals surface area contributed by atoms with Gasteiger partial charge in [0, 0.05) is 13.1 Å². The van der Waals surface area contributed by atoms with E-state index in [9.17, 15) is 9.59 Å². The van der Waals surface area contributed by atoms with Gasteiger partial charge in [-0.05, 0) is 11.6 Å². The van der Waals surface area contributed by atoms with E-state index in [1.54, 1.807) is 6.08 Å². The molecular formula is C15H16N2O2. The molecule has 0 spiro atoms. The molecule has 1 aliphatic rings. The second kappa shape index (κ2) is 6.00. The molecule has 0 aromatic heterocycles. The number of carbonyl (C=O) groups is 2. The van der Waals surface area contributed by atoms with Crippen molar-refractivity contribution in [2.45, 2.75) is 12.6 Å². The van der Waals surface area contributed by atoms with Gasteiger partial charge in [0.15, 0.2) is 0 Å². The molecule has 1 heterocycles. The lowest BCUT2D eigenvalue weighted by Gasteiger charge is -2.22. The molecular weight excluding hydrogens is 240 g/mol. The molecule has 0 fully saturated rings. The summed E-state index contributed by atoms with van der Waals surface area (Å²) < 4.78 is 0. The molecule has 2 amide bonds. The smallest absolute Gasteiger partial charge is 0.247 e. The van der Waals surface area contributed by atoms with Gasteiger partial charge < -0.3 is 10.2 Å². The zero-order valence-electron chi connectivity index (χ0n) is 10.6. The lowest BCUT2D eigenvalue weighted by Crippen LogP contribution is -2.45. The SMILES string of the molecule is C=CC(=O)N1CC=C[C@H]1C(=O)NCc1ccccc1. The first-order valence-electron chi connectivity index (χ1n) is 6.13. The van der Waals surface area contributed by atoms with Crippen LogP contribution in [-0.2, 0) is 16.1 Å². The van der Waals surface area contributed by atoms with Gasteiger partial charge >= 0.3 is 0 Å². The Hall–Kier alpha value is -2.36. The minimum absolute atomic E-state index is 0.173. The summed E-state index contributed by atoms with van der Waals surface area (Å²) in [5.74, 6) is -0.405. The Morgan fingerprint density at radius 3 is 2.79 bits per heavy atom. The molecule has 0 unspecified atom stereocenters. The highest BCUT2D eigenvalue weighted by atomic mass is 16.2. The van der Waals surface area contributed by atoms with Crippen LogP contribution in [0.4, 0.5) is 0 Å². The maximum Gasteiger partial charge on any atom is 0.247 e. The van der Waals surface area contributed by atoms with Gasteiger partial charge in [0.05, 0.1) is 0 Å². The summed E-state index contributed by atoms with van der Waals surface area (Å²) in [5, 5.41) is 2.83. The monoisotopic (exact) mass is 256 g/mol. The van der Waals surface area contributed by atoms with Crippen LogP contribution < -0.4 is 5.32 Å². The lowest BCUT2D eigenvalue weighted by atomic mass is 10.2. The van der Waals surface area contributed by atoms with E-state index in [1.807, 2.05) is 36.4 Å². The molecule has 19 heavy (non-hydrogen) atoms. The summed E-state index contributed by atoms with van der Waals surface area (Å²) in [7, 11) is 0. The highest BCUT2D eigenvalue weighted by Crippen LogP contribution is 2.11. The Morgan fingerprint density at radius 1 is 1.37 bits per heavy atom. The zero-order valence-corrected chi connectivity index (χ0v) is 10.6. The minimum Gasteiger partial charge on any atom is -0.350 e. The number of amides is 2. The fourth-order valence-corrected chi connectivity index (χ4v) is 1.98. The number of hydrogen-bond donors (Lipinski definition) is 1. The summed E-state index contributed by atoms with van der Waals surface area (Å²) in [6, 6.07) is 9.12. The van der Waals surface area contributed by atoms with Crippen LogP contribution in [0.1, 0.15) is 5.56 Å². The van der Waals surface area contributed by atoms with E-state index in [4.69, 9.17) is 0 Å². The highest BCUT2D eigenvalue weighted by molar-refractivity contribution is 5.94. The number of benzene rings is 1. The summed E-state index contributed by atoms with van der Waals surface area (Å²) in [5.41, 5.74) is 1.03. The Balaban J connectivity index is 1.94. The number of nitrogens with zero attached hydrogens (tertiary/aromatic N) is 1. The summed E-state index contributed by atoms with van der Waals surface area (Å²) >= 11 is 0. The molecule has 0 aliphatic carbocycles. The fraction of sp³-hybridized carbons (Fsp3) is 0.200. The third-order valence-corrected chi connectivity index (χ3v) is 2.99. The van der Waals surface area contributed by atoms with Gasteiger partial charge in [-0.15, -0.1) is 0 Å². The van der Waals surface area contributed by atoms with E-state index in [0.29, 0.717) is 13.1 Å². The molecule has 0 saturated heterocycles. The molecule has 1 aromatic rings. The van der Waals surface area contributed by atoms with Crippen LogP contribution in [0.2, 0.25) is 0 Å². The Kier molecular flexibility index (Phi) is 4.13. The van der Waals surface area contributed by atoms with Gasteiger partial charge in [-0.3, -0.25) is 9.59 Å². The average Bonchev–Trinajstić information content (AvgIpc) is 2.94. The number of hydrogen-bond acceptors (Lipinski definition) is 2. The highest BCUT2D eigenvalue weighted by Gasteiger charge is 2.28. The third-order valence-electron chi connectivity index (χ3n) is 2.99. The molecule has 1 N–H and O–H groups in total. The van der Waals surface area contributed by atoms with Crippen LogP contribution in [0.15, 0.2) is 55.1 Å². The van der Waals surface area contributed by atoms with Crippen molar-refractivity contribution in [1.29, 1.82) is 0 Å². The standard InChI is InChI=1S/C15H16N2O2/c1-2-14(18)17-10-6-9-13(17)15(19)16-11-12-7-4-3-5-8-12/h2-9,13H,1,10-11H2,(H,16,19)/t13-/m0/s1. The van der Waals surface area contributed by atoms with Gasteiger partial charge in [-0.1, -0.05) is 49.1 Å². The minimum atomic E-state index is -0.533. The van der Waals surface area contributed by atoms with Gasteiger partial charge in [0.1, 0.15) is 6.04 Å². The molecule has 0 radical (unpaired) electrons. The molecule has 0 bridgehead atoms. The Bertz CT molecular complexity index is 508. The Labute approximate surface area is 112 Å². The second-order valence-corrected chi connectivity index (χ2v) is 4.27.